The summed E-state index contributed by atoms with van der Waals surface area (Å²) in [7, 11) is 1.66. The number of halogens is 2. The molecular weight excluding hydrogens is 266 g/mol. The van der Waals surface area contributed by atoms with Crippen molar-refractivity contribution in [2.75, 3.05) is 11.9 Å². The van der Waals surface area contributed by atoms with Gasteiger partial charge in [0.1, 0.15) is 4.99 Å². The summed E-state index contributed by atoms with van der Waals surface area (Å²) >= 11 is 4.67. The summed E-state index contributed by atoms with van der Waals surface area (Å²) < 4.78 is 27.8. The molecule has 0 spiro atoms. The predicted octanol–water partition coefficient (Wildman–Crippen LogP) is 3.37. The van der Waals surface area contributed by atoms with Crippen LogP contribution in [0.15, 0.2) is 42.5 Å². The van der Waals surface area contributed by atoms with Gasteiger partial charge >= 0.3 is 0 Å². The van der Waals surface area contributed by atoms with Crippen LogP contribution in [0.2, 0.25) is 0 Å². The molecule has 0 aromatic heterocycles. The number of thiocarbonyl (C=S) groups is 1. The van der Waals surface area contributed by atoms with Crippen LogP contribution < -0.4 is 10.6 Å². The van der Waals surface area contributed by atoms with Crippen LogP contribution in [0.4, 0.5) is 20.2 Å². The van der Waals surface area contributed by atoms with Crippen molar-refractivity contribution < 1.29 is 8.78 Å². The maximum atomic E-state index is 14.0. The molecule has 0 saturated carbocycles. The summed E-state index contributed by atoms with van der Waals surface area (Å²) in [6.07, 6.45) is 0. The van der Waals surface area contributed by atoms with Gasteiger partial charge in [-0.05, 0) is 24.3 Å². The minimum atomic E-state index is -1.02. The van der Waals surface area contributed by atoms with Gasteiger partial charge < -0.3 is 10.6 Å². The maximum absolute atomic E-state index is 14.0. The van der Waals surface area contributed by atoms with Crippen LogP contribution in [0.3, 0.4) is 0 Å². The van der Waals surface area contributed by atoms with Gasteiger partial charge in [-0.3, -0.25) is 0 Å². The Morgan fingerprint density at radius 2 is 1.68 bits per heavy atom. The molecule has 0 saturated heterocycles. The molecule has 0 bridgehead atoms. The van der Waals surface area contributed by atoms with E-state index in [1.807, 2.05) is 18.2 Å². The average molecular weight is 278 g/mol. The fourth-order valence-electron chi connectivity index (χ4n) is 1.78. The van der Waals surface area contributed by atoms with Crippen molar-refractivity contribution >= 4 is 28.6 Å². The smallest absolute Gasteiger partial charge is 0.183 e. The Balaban J connectivity index is 2.47. The van der Waals surface area contributed by atoms with Crippen LogP contribution >= 0.6 is 12.2 Å². The topological polar surface area (TPSA) is 29.3 Å². The summed E-state index contributed by atoms with van der Waals surface area (Å²) in [5.41, 5.74) is 6.13. The normalized spacial score (nSPS) is 10.3. The van der Waals surface area contributed by atoms with Crippen molar-refractivity contribution in [2.24, 2.45) is 5.73 Å². The number of nitrogens with two attached hydrogens (primary N) is 1. The maximum Gasteiger partial charge on any atom is 0.183 e. The zero-order valence-corrected chi connectivity index (χ0v) is 11.0. The monoisotopic (exact) mass is 278 g/mol. The van der Waals surface area contributed by atoms with Gasteiger partial charge in [-0.15, -0.1) is 0 Å². The standard InChI is InChI=1S/C14H12F2N2S/c1-18(9-5-3-2-4-6-9)11-8-7-10(14(17)19)12(15)13(11)16/h2-8H,1H3,(H2,17,19). The van der Waals surface area contributed by atoms with E-state index in [0.717, 1.165) is 5.69 Å². The molecule has 0 amide bonds. The van der Waals surface area contributed by atoms with Crippen LogP contribution in [0.25, 0.3) is 0 Å². The van der Waals surface area contributed by atoms with Crippen molar-refractivity contribution in [3.8, 4) is 0 Å². The van der Waals surface area contributed by atoms with Crippen LogP contribution in [0.1, 0.15) is 5.56 Å². The third-order valence-electron chi connectivity index (χ3n) is 2.83. The molecule has 2 N–H and O–H groups in total. The first kappa shape index (κ1) is 13.4. The lowest BCUT2D eigenvalue weighted by atomic mass is 10.1. The molecule has 2 rings (SSSR count). The predicted molar refractivity (Wildman–Crippen MR) is 76.8 cm³/mol. The second-order valence-corrected chi connectivity index (χ2v) is 4.46. The SMILES string of the molecule is CN(c1ccccc1)c1ccc(C(N)=S)c(F)c1F. The Kier molecular flexibility index (Phi) is 3.76. The third kappa shape index (κ3) is 2.56. The van der Waals surface area contributed by atoms with E-state index in [1.165, 1.54) is 12.1 Å². The van der Waals surface area contributed by atoms with Crippen molar-refractivity contribution in [3.05, 3.63) is 59.7 Å². The summed E-state index contributed by atoms with van der Waals surface area (Å²) in [5.74, 6) is -1.98. The van der Waals surface area contributed by atoms with Crippen molar-refractivity contribution in [1.29, 1.82) is 0 Å². The molecule has 0 radical (unpaired) electrons. The third-order valence-corrected chi connectivity index (χ3v) is 3.05. The van der Waals surface area contributed by atoms with Gasteiger partial charge in [0.2, 0.25) is 0 Å². The van der Waals surface area contributed by atoms with E-state index in [0.29, 0.717) is 0 Å². The first-order valence-corrected chi connectivity index (χ1v) is 5.99. The average Bonchev–Trinajstić information content (AvgIpc) is 2.41. The second-order valence-electron chi connectivity index (χ2n) is 4.02. The van der Waals surface area contributed by atoms with E-state index in [1.54, 1.807) is 24.1 Å². The van der Waals surface area contributed by atoms with Crippen molar-refractivity contribution in [3.63, 3.8) is 0 Å². The molecule has 0 heterocycles. The highest BCUT2D eigenvalue weighted by atomic mass is 32.1. The van der Waals surface area contributed by atoms with E-state index in [4.69, 9.17) is 5.73 Å². The highest BCUT2D eigenvalue weighted by Crippen LogP contribution is 2.28. The summed E-state index contributed by atoms with van der Waals surface area (Å²) in [6.45, 7) is 0. The van der Waals surface area contributed by atoms with Gasteiger partial charge in [0, 0.05) is 18.3 Å². The second kappa shape index (κ2) is 5.32. The lowest BCUT2D eigenvalue weighted by Crippen LogP contribution is -2.16. The van der Waals surface area contributed by atoms with E-state index in [2.05, 4.69) is 12.2 Å². The van der Waals surface area contributed by atoms with Crippen molar-refractivity contribution in [2.45, 2.75) is 0 Å². The molecule has 2 aromatic carbocycles. The zero-order valence-electron chi connectivity index (χ0n) is 10.2. The summed E-state index contributed by atoms with van der Waals surface area (Å²) in [4.78, 5) is 1.40. The molecule has 5 heteroatoms. The van der Waals surface area contributed by atoms with Gasteiger partial charge in [0.15, 0.2) is 11.6 Å². The number of anilines is 2. The van der Waals surface area contributed by atoms with E-state index in [9.17, 15) is 8.78 Å². The molecule has 0 aliphatic rings. The summed E-state index contributed by atoms with van der Waals surface area (Å²) in [6, 6.07) is 11.9. The minimum Gasteiger partial charge on any atom is -0.389 e. The molecule has 0 fully saturated rings. The van der Waals surface area contributed by atoms with Gasteiger partial charge in [0.05, 0.1) is 5.69 Å². The Bertz CT molecular complexity index is 614. The molecule has 2 nitrogen and oxygen atoms in total. The molecular formula is C14H12F2N2S. The number of nitrogens with zero attached hydrogens (tertiary/aromatic N) is 1. The van der Waals surface area contributed by atoms with Crippen LogP contribution in [0, 0.1) is 11.6 Å². The summed E-state index contributed by atoms with van der Waals surface area (Å²) in [5, 5.41) is 0. The van der Waals surface area contributed by atoms with Crippen LogP contribution in [0.5, 0.6) is 0 Å². The van der Waals surface area contributed by atoms with Crippen molar-refractivity contribution in [1.82, 2.24) is 0 Å². The highest BCUT2D eigenvalue weighted by molar-refractivity contribution is 7.80. The Morgan fingerprint density at radius 1 is 1.05 bits per heavy atom. The number of hydrogen-bond acceptors (Lipinski definition) is 2. The number of rotatable bonds is 3. The fraction of sp³-hybridized carbons (Fsp3) is 0.0714. The molecule has 0 atom stereocenters. The molecule has 2 aromatic rings. The largest absolute Gasteiger partial charge is 0.389 e. The molecule has 0 aliphatic heterocycles. The molecule has 0 unspecified atom stereocenters. The lowest BCUT2D eigenvalue weighted by molar-refractivity contribution is 0.508. The lowest BCUT2D eigenvalue weighted by Gasteiger charge is -2.20. The van der Waals surface area contributed by atoms with Crippen LogP contribution in [-0.2, 0) is 0 Å². The zero-order chi connectivity index (χ0) is 14.0. The van der Waals surface area contributed by atoms with E-state index in [-0.39, 0.29) is 16.2 Å². The number of benzene rings is 2. The number of hydrogen-bond donors (Lipinski definition) is 1. The van der Waals surface area contributed by atoms with Gasteiger partial charge in [-0.25, -0.2) is 8.78 Å². The Labute approximate surface area is 115 Å². The first-order chi connectivity index (χ1) is 9.02. The van der Waals surface area contributed by atoms with E-state index < -0.39 is 11.6 Å². The first-order valence-electron chi connectivity index (χ1n) is 5.59. The minimum absolute atomic E-state index is 0.0855. The van der Waals surface area contributed by atoms with Gasteiger partial charge in [-0.2, -0.15) is 0 Å². The van der Waals surface area contributed by atoms with Gasteiger partial charge in [0.25, 0.3) is 0 Å². The molecule has 0 aliphatic carbocycles. The fourth-order valence-corrected chi connectivity index (χ4v) is 1.94. The van der Waals surface area contributed by atoms with Gasteiger partial charge in [-0.1, -0.05) is 30.4 Å². The van der Waals surface area contributed by atoms with E-state index >= 15 is 0 Å². The Morgan fingerprint density at radius 3 is 2.26 bits per heavy atom. The quantitative estimate of drug-likeness (QED) is 0.873. The van der Waals surface area contributed by atoms with Crippen LogP contribution in [-0.4, -0.2) is 12.0 Å². The number of para-hydroxylation sites is 1. The highest BCUT2D eigenvalue weighted by Gasteiger charge is 2.17. The molecule has 19 heavy (non-hydrogen) atoms. The molecule has 98 valence electrons. The Hall–Kier alpha value is -2.01.